The number of likely N-dealkylation sites (tertiary alicyclic amines) is 2. The minimum atomic E-state index is -5.78. The molecular weight excluding hydrogens is 725 g/mol. The second-order valence-electron chi connectivity index (χ2n) is 14.9. The largest absolute Gasteiger partial charge is 0.399 e. The van der Waals surface area contributed by atoms with E-state index in [0.717, 1.165) is 67.9 Å². The fraction of sp³-hybridized carbons (Fsp3) is 0.553. The summed E-state index contributed by atoms with van der Waals surface area (Å²) in [6.45, 7) is 8.79. The van der Waals surface area contributed by atoms with Gasteiger partial charge in [0.05, 0.1) is 18.0 Å². The highest BCUT2D eigenvalue weighted by Crippen LogP contribution is 2.59. The fourth-order valence-corrected chi connectivity index (χ4v) is 9.02. The zero-order valence-corrected chi connectivity index (χ0v) is 31.9. The Kier molecular flexibility index (Phi) is 12.4. The lowest BCUT2D eigenvalue weighted by Crippen LogP contribution is -2.56. The number of halogens is 2. The Morgan fingerprint density at radius 1 is 1.02 bits per heavy atom. The average Bonchev–Trinajstić information content (AvgIpc) is 3.81. The van der Waals surface area contributed by atoms with Crippen LogP contribution in [0.5, 0.6) is 0 Å². The summed E-state index contributed by atoms with van der Waals surface area (Å²) in [5.74, 6) is -0.221. The molecule has 3 aliphatic heterocycles. The quantitative estimate of drug-likeness (QED) is 0.192. The van der Waals surface area contributed by atoms with Crippen molar-refractivity contribution in [3.8, 4) is 0 Å². The molecule has 0 aliphatic carbocycles. The van der Waals surface area contributed by atoms with E-state index < -0.39 is 36.8 Å². The molecule has 4 heterocycles. The number of rotatable bonds is 12. The predicted molar refractivity (Wildman–Crippen MR) is 199 cm³/mol. The van der Waals surface area contributed by atoms with Crippen LogP contribution >= 0.6 is 18.9 Å². The molecule has 3 saturated heterocycles. The van der Waals surface area contributed by atoms with Crippen molar-refractivity contribution in [1.29, 1.82) is 0 Å². The van der Waals surface area contributed by atoms with Crippen LogP contribution in [0.4, 0.5) is 8.78 Å². The van der Waals surface area contributed by atoms with E-state index in [1.807, 2.05) is 30.3 Å². The number of morpholine rings is 1. The van der Waals surface area contributed by atoms with Gasteiger partial charge in [-0.15, -0.1) is 11.3 Å². The molecule has 0 spiro atoms. The molecule has 3 fully saturated rings. The first-order chi connectivity index (χ1) is 25.2. The summed E-state index contributed by atoms with van der Waals surface area (Å²) in [7, 11) is -5.78. The van der Waals surface area contributed by atoms with Crippen LogP contribution in [0.2, 0.25) is 0 Å². The first-order valence-electron chi connectivity index (χ1n) is 18.5. The minimum absolute atomic E-state index is 0.129. The highest BCUT2D eigenvalue weighted by atomic mass is 32.1. The van der Waals surface area contributed by atoms with E-state index in [1.54, 1.807) is 9.80 Å². The van der Waals surface area contributed by atoms with Crippen molar-refractivity contribution in [2.24, 2.45) is 11.8 Å². The second-order valence-corrected chi connectivity index (χ2v) is 17.7. The normalized spacial score (nSPS) is 21.3. The standard InChI is InChI=1S/C38H49F2N4O7PS/c1-25(2)12-16-42-17-13-26(14-18-42)21-30(41-35(45)34-23-28-22-29(10-11-33(28)53-34)38(39,40)52(48,49)50)36(46)44-15-6-9-31(44)37(47)43-19-20-51-32(24-43)27-7-4-3-5-8-27/h3-5,7-8,10-11,22-23,25-26,30-32H,6,9,12-21,24H2,1-2H3,(H,41,45)(H2,48,49,50)/t30?,31-,32-/m0/s1. The van der Waals surface area contributed by atoms with Gasteiger partial charge in [-0.1, -0.05) is 50.2 Å². The molecule has 0 bridgehead atoms. The number of benzene rings is 2. The van der Waals surface area contributed by atoms with Gasteiger partial charge in [-0.25, -0.2) is 0 Å². The molecule has 3 aromatic rings. The summed E-state index contributed by atoms with van der Waals surface area (Å²) in [4.78, 5) is 66.8. The topological polar surface area (TPSA) is 140 Å². The molecule has 15 heteroatoms. The molecule has 3 aliphatic rings. The Morgan fingerprint density at radius 2 is 1.75 bits per heavy atom. The average molecular weight is 775 g/mol. The number of alkyl halides is 2. The van der Waals surface area contributed by atoms with Crippen LogP contribution < -0.4 is 5.32 Å². The number of fused-ring (bicyclic) bond motifs is 1. The van der Waals surface area contributed by atoms with Gasteiger partial charge >= 0.3 is 13.3 Å². The van der Waals surface area contributed by atoms with E-state index in [9.17, 15) is 37.5 Å². The molecule has 1 aromatic heterocycles. The number of nitrogens with one attached hydrogen (secondary N) is 1. The van der Waals surface area contributed by atoms with Crippen LogP contribution in [0.25, 0.3) is 10.1 Å². The van der Waals surface area contributed by atoms with Gasteiger partial charge in [-0.2, -0.15) is 8.78 Å². The predicted octanol–water partition coefficient (Wildman–Crippen LogP) is 5.97. The maximum absolute atomic E-state index is 14.5. The van der Waals surface area contributed by atoms with Gasteiger partial charge in [-0.3, -0.25) is 18.9 Å². The molecule has 6 rings (SSSR count). The molecule has 53 heavy (non-hydrogen) atoms. The Bertz CT molecular complexity index is 1810. The summed E-state index contributed by atoms with van der Waals surface area (Å²) < 4.78 is 46.9. The van der Waals surface area contributed by atoms with E-state index in [0.29, 0.717) is 56.1 Å². The van der Waals surface area contributed by atoms with Crippen molar-refractivity contribution in [2.75, 3.05) is 45.9 Å². The molecule has 288 valence electrons. The van der Waals surface area contributed by atoms with E-state index >= 15 is 0 Å². The van der Waals surface area contributed by atoms with Crippen LogP contribution in [-0.4, -0.2) is 100 Å². The first-order valence-corrected chi connectivity index (χ1v) is 20.9. The molecule has 0 radical (unpaired) electrons. The van der Waals surface area contributed by atoms with Gasteiger partial charge in [0.15, 0.2) is 0 Å². The van der Waals surface area contributed by atoms with Crippen molar-refractivity contribution >= 4 is 46.7 Å². The van der Waals surface area contributed by atoms with E-state index in [4.69, 9.17) is 4.74 Å². The third-order valence-corrected chi connectivity index (χ3v) is 12.8. The maximum Gasteiger partial charge on any atom is 0.399 e. The number of hydrogen-bond donors (Lipinski definition) is 3. The summed E-state index contributed by atoms with van der Waals surface area (Å²) in [6, 6.07) is 12.8. The Morgan fingerprint density at radius 3 is 2.45 bits per heavy atom. The van der Waals surface area contributed by atoms with E-state index in [-0.39, 0.29) is 34.1 Å². The summed E-state index contributed by atoms with van der Waals surface area (Å²) in [5, 5.41) is 3.18. The molecule has 3 amide bonds. The van der Waals surface area contributed by atoms with Crippen molar-refractivity contribution < 1.29 is 42.3 Å². The van der Waals surface area contributed by atoms with Crippen LogP contribution in [0.1, 0.15) is 79.3 Å². The van der Waals surface area contributed by atoms with Crippen LogP contribution in [0.3, 0.4) is 0 Å². The summed E-state index contributed by atoms with van der Waals surface area (Å²) in [6.07, 6.45) is 4.15. The smallest absolute Gasteiger partial charge is 0.370 e. The lowest BCUT2D eigenvalue weighted by molar-refractivity contribution is -0.149. The maximum atomic E-state index is 14.5. The molecular formula is C38H49F2N4O7PS. The Labute approximate surface area is 312 Å². The highest BCUT2D eigenvalue weighted by molar-refractivity contribution is 7.52. The molecule has 3 atom stereocenters. The molecule has 2 aromatic carbocycles. The lowest BCUT2D eigenvalue weighted by Gasteiger charge is -2.38. The SMILES string of the molecule is CC(C)CCN1CCC(CC(NC(=O)c2cc3cc(C(F)(F)P(=O)(O)O)ccc3s2)C(=O)N2CCC[C@H]2C(=O)N2CCO[C@H](c3ccccc3)C2)CC1. The fourth-order valence-electron chi connectivity index (χ4n) is 7.60. The zero-order chi connectivity index (χ0) is 37.9. The number of nitrogens with zero attached hydrogens (tertiary/aromatic N) is 3. The van der Waals surface area contributed by atoms with E-state index in [2.05, 4.69) is 24.1 Å². The Hall–Kier alpha value is -3.26. The summed E-state index contributed by atoms with van der Waals surface area (Å²) in [5.41, 5.74) is -4.26. The number of ether oxygens (including phenoxy) is 1. The van der Waals surface area contributed by atoms with Crippen LogP contribution in [0, 0.1) is 11.8 Å². The number of carbonyl (C=O) groups excluding carboxylic acids is 3. The van der Waals surface area contributed by atoms with Gasteiger partial charge in [0.25, 0.3) is 5.91 Å². The van der Waals surface area contributed by atoms with Gasteiger partial charge < -0.3 is 34.5 Å². The number of thiophene rings is 1. The molecule has 11 nitrogen and oxygen atoms in total. The number of amides is 3. The Balaban J connectivity index is 1.19. The third kappa shape index (κ3) is 9.17. The third-order valence-electron chi connectivity index (χ3n) is 10.7. The van der Waals surface area contributed by atoms with E-state index in [1.165, 1.54) is 12.1 Å². The van der Waals surface area contributed by atoms with Crippen LogP contribution in [0.15, 0.2) is 54.6 Å². The number of hydrogen-bond acceptors (Lipinski definition) is 7. The monoisotopic (exact) mass is 774 g/mol. The van der Waals surface area contributed by atoms with Gasteiger partial charge in [0.1, 0.15) is 18.2 Å². The van der Waals surface area contributed by atoms with Crippen molar-refractivity contribution in [3.63, 3.8) is 0 Å². The van der Waals surface area contributed by atoms with Gasteiger partial charge in [0.2, 0.25) is 11.8 Å². The number of piperidine rings is 1. The number of carbonyl (C=O) groups is 3. The first kappa shape index (κ1) is 39.4. The van der Waals surface area contributed by atoms with Gasteiger partial charge in [0, 0.05) is 23.4 Å². The molecule has 1 unspecified atom stereocenters. The lowest BCUT2D eigenvalue weighted by atomic mass is 9.89. The minimum Gasteiger partial charge on any atom is -0.370 e. The highest BCUT2D eigenvalue weighted by Gasteiger charge is 2.50. The zero-order valence-electron chi connectivity index (χ0n) is 30.2. The molecule has 0 saturated carbocycles. The summed E-state index contributed by atoms with van der Waals surface area (Å²) >= 11 is 1.04. The van der Waals surface area contributed by atoms with Crippen molar-refractivity contribution in [3.05, 3.63) is 70.6 Å². The molecule has 3 N–H and O–H groups in total. The van der Waals surface area contributed by atoms with Gasteiger partial charge in [-0.05, 0) is 99.1 Å². The second kappa shape index (κ2) is 16.6. The van der Waals surface area contributed by atoms with Crippen molar-refractivity contribution in [2.45, 2.75) is 76.2 Å². The van der Waals surface area contributed by atoms with Crippen molar-refractivity contribution in [1.82, 2.24) is 20.0 Å². The van der Waals surface area contributed by atoms with Crippen LogP contribution in [-0.2, 0) is 24.6 Å².